The van der Waals surface area contributed by atoms with Gasteiger partial charge in [-0.3, -0.25) is 14.6 Å². The highest BCUT2D eigenvalue weighted by molar-refractivity contribution is 6.32. The number of carboxylic acid groups (broad SMARTS) is 1. The second kappa shape index (κ2) is 6.54. The Labute approximate surface area is 138 Å². The molecule has 0 bridgehead atoms. The zero-order chi connectivity index (χ0) is 16.4. The maximum atomic E-state index is 12.6. The van der Waals surface area contributed by atoms with E-state index in [1.807, 2.05) is 6.07 Å². The van der Waals surface area contributed by atoms with E-state index in [1.165, 1.54) is 0 Å². The quantitative estimate of drug-likeness (QED) is 0.904. The average molecular weight is 333 g/mol. The van der Waals surface area contributed by atoms with Crippen molar-refractivity contribution in [3.63, 3.8) is 0 Å². The first-order valence-electron chi connectivity index (χ1n) is 7.62. The number of halogens is 1. The summed E-state index contributed by atoms with van der Waals surface area (Å²) in [5, 5.41) is 13.3. The molecule has 2 N–H and O–H groups in total. The number of carbonyl (C=O) groups excluding carboxylic acids is 1. The smallest absolute Gasteiger partial charge is 0.306 e. The molecule has 3 rings (SSSR count). The molecule has 0 aliphatic heterocycles. The van der Waals surface area contributed by atoms with Crippen molar-refractivity contribution in [1.82, 2.24) is 10.3 Å². The van der Waals surface area contributed by atoms with E-state index in [1.54, 1.807) is 24.4 Å². The van der Waals surface area contributed by atoms with Crippen molar-refractivity contribution < 1.29 is 14.7 Å². The fourth-order valence-corrected chi connectivity index (χ4v) is 3.30. The van der Waals surface area contributed by atoms with Gasteiger partial charge in [0.2, 0.25) is 0 Å². The van der Waals surface area contributed by atoms with Crippen molar-refractivity contribution in [2.24, 2.45) is 5.92 Å². The van der Waals surface area contributed by atoms with Crippen molar-refractivity contribution in [3.05, 3.63) is 41.0 Å². The van der Waals surface area contributed by atoms with Gasteiger partial charge >= 0.3 is 5.97 Å². The zero-order valence-corrected chi connectivity index (χ0v) is 13.2. The first-order chi connectivity index (χ1) is 11.0. The molecule has 1 aliphatic carbocycles. The Balaban J connectivity index is 1.76. The SMILES string of the molecule is O=C(NC1CCC(C(=O)O)CC1)c1cc(Cl)cc2cccnc12. The van der Waals surface area contributed by atoms with Gasteiger partial charge in [-0.15, -0.1) is 0 Å². The molecule has 1 amide bonds. The van der Waals surface area contributed by atoms with Gasteiger partial charge < -0.3 is 10.4 Å². The van der Waals surface area contributed by atoms with E-state index in [2.05, 4.69) is 10.3 Å². The number of pyridine rings is 1. The fourth-order valence-electron chi connectivity index (χ4n) is 3.08. The summed E-state index contributed by atoms with van der Waals surface area (Å²) < 4.78 is 0. The molecule has 1 aliphatic rings. The molecular formula is C17H17ClN2O3. The highest BCUT2D eigenvalue weighted by Gasteiger charge is 2.27. The Kier molecular flexibility index (Phi) is 4.48. The van der Waals surface area contributed by atoms with E-state index in [9.17, 15) is 9.59 Å². The lowest BCUT2D eigenvalue weighted by atomic mass is 9.86. The number of hydrogen-bond donors (Lipinski definition) is 2. The number of aliphatic carboxylic acids is 1. The van der Waals surface area contributed by atoms with Crippen LogP contribution in [0, 0.1) is 5.92 Å². The minimum atomic E-state index is -0.750. The summed E-state index contributed by atoms with van der Waals surface area (Å²) in [6.07, 6.45) is 4.18. The number of amides is 1. The number of hydrogen-bond acceptors (Lipinski definition) is 3. The van der Waals surface area contributed by atoms with Crippen LogP contribution < -0.4 is 5.32 Å². The third-order valence-corrected chi connectivity index (χ3v) is 4.54. The minimum Gasteiger partial charge on any atom is -0.481 e. The van der Waals surface area contributed by atoms with Crippen LogP contribution in [0.5, 0.6) is 0 Å². The second-order valence-corrected chi connectivity index (χ2v) is 6.33. The van der Waals surface area contributed by atoms with Crippen molar-refractivity contribution in [3.8, 4) is 0 Å². The van der Waals surface area contributed by atoms with Gasteiger partial charge in [0, 0.05) is 22.6 Å². The van der Waals surface area contributed by atoms with E-state index >= 15 is 0 Å². The largest absolute Gasteiger partial charge is 0.481 e. The molecule has 1 saturated carbocycles. The number of benzene rings is 1. The Bertz CT molecular complexity index is 755. The number of fused-ring (bicyclic) bond motifs is 1. The summed E-state index contributed by atoms with van der Waals surface area (Å²) in [6.45, 7) is 0. The van der Waals surface area contributed by atoms with Gasteiger partial charge in [0.05, 0.1) is 17.0 Å². The third kappa shape index (κ3) is 3.45. The van der Waals surface area contributed by atoms with E-state index in [-0.39, 0.29) is 17.9 Å². The van der Waals surface area contributed by atoms with E-state index in [4.69, 9.17) is 16.7 Å². The van der Waals surface area contributed by atoms with Gasteiger partial charge in [0.25, 0.3) is 5.91 Å². The minimum absolute atomic E-state index is 0.00385. The molecule has 0 atom stereocenters. The van der Waals surface area contributed by atoms with Crippen LogP contribution >= 0.6 is 11.6 Å². The lowest BCUT2D eigenvalue weighted by molar-refractivity contribution is -0.142. The van der Waals surface area contributed by atoms with Crippen molar-refractivity contribution in [1.29, 1.82) is 0 Å². The topological polar surface area (TPSA) is 79.3 Å². The molecule has 1 heterocycles. The highest BCUT2D eigenvalue weighted by Crippen LogP contribution is 2.26. The van der Waals surface area contributed by atoms with Gasteiger partial charge in [-0.2, -0.15) is 0 Å². The molecule has 1 aromatic heterocycles. The maximum Gasteiger partial charge on any atom is 0.306 e. The third-order valence-electron chi connectivity index (χ3n) is 4.33. The van der Waals surface area contributed by atoms with E-state index < -0.39 is 5.97 Å². The summed E-state index contributed by atoms with van der Waals surface area (Å²) in [6, 6.07) is 7.06. The van der Waals surface area contributed by atoms with Gasteiger partial charge in [-0.1, -0.05) is 17.7 Å². The lowest BCUT2D eigenvalue weighted by Crippen LogP contribution is -2.38. The maximum absolute atomic E-state index is 12.6. The van der Waals surface area contributed by atoms with Crippen LogP contribution in [0.3, 0.4) is 0 Å². The van der Waals surface area contributed by atoms with Crippen molar-refractivity contribution in [2.45, 2.75) is 31.7 Å². The standard InChI is InChI=1S/C17H17ClN2O3/c18-12-8-11-2-1-7-19-15(11)14(9-12)16(21)20-13-5-3-10(4-6-13)17(22)23/h1-2,7-10,13H,3-6H2,(H,20,21)(H,22,23). The molecular weight excluding hydrogens is 316 g/mol. The normalized spacial score (nSPS) is 21.1. The fraction of sp³-hybridized carbons (Fsp3) is 0.353. The number of carbonyl (C=O) groups is 2. The van der Waals surface area contributed by atoms with Gasteiger partial charge in [-0.25, -0.2) is 0 Å². The summed E-state index contributed by atoms with van der Waals surface area (Å²) >= 11 is 6.09. The van der Waals surface area contributed by atoms with Gasteiger partial charge in [0.1, 0.15) is 0 Å². The van der Waals surface area contributed by atoms with Crippen molar-refractivity contribution >= 4 is 34.4 Å². The zero-order valence-electron chi connectivity index (χ0n) is 12.5. The molecule has 23 heavy (non-hydrogen) atoms. The number of rotatable bonds is 3. The summed E-state index contributed by atoms with van der Waals surface area (Å²) in [7, 11) is 0. The molecule has 0 radical (unpaired) electrons. The molecule has 0 spiro atoms. The Morgan fingerprint density at radius 1 is 1.22 bits per heavy atom. The molecule has 5 nitrogen and oxygen atoms in total. The summed E-state index contributed by atoms with van der Waals surface area (Å²) in [5.41, 5.74) is 1.07. The predicted octanol–water partition coefficient (Wildman–Crippen LogP) is 3.26. The van der Waals surface area contributed by atoms with Crippen LogP contribution in [-0.2, 0) is 4.79 Å². The lowest BCUT2D eigenvalue weighted by Gasteiger charge is -2.27. The van der Waals surface area contributed by atoms with Crippen LogP contribution in [0.2, 0.25) is 5.02 Å². The molecule has 1 aromatic carbocycles. The number of carboxylic acids is 1. The molecule has 0 saturated heterocycles. The molecule has 120 valence electrons. The highest BCUT2D eigenvalue weighted by atomic mass is 35.5. The summed E-state index contributed by atoms with van der Waals surface area (Å²) in [4.78, 5) is 27.8. The molecule has 0 unspecified atom stereocenters. The predicted molar refractivity (Wildman–Crippen MR) is 87.6 cm³/mol. The molecule has 2 aromatic rings. The Morgan fingerprint density at radius 3 is 2.65 bits per heavy atom. The van der Waals surface area contributed by atoms with Crippen LogP contribution in [-0.4, -0.2) is 28.0 Å². The van der Waals surface area contributed by atoms with E-state index in [0.717, 1.165) is 5.39 Å². The Morgan fingerprint density at radius 2 is 1.96 bits per heavy atom. The van der Waals surface area contributed by atoms with Crippen LogP contribution in [0.15, 0.2) is 30.5 Å². The Hall–Kier alpha value is -2.14. The number of aromatic nitrogens is 1. The first kappa shape index (κ1) is 15.7. The van der Waals surface area contributed by atoms with Crippen LogP contribution in [0.1, 0.15) is 36.0 Å². The van der Waals surface area contributed by atoms with Crippen LogP contribution in [0.25, 0.3) is 10.9 Å². The average Bonchev–Trinajstić information content (AvgIpc) is 2.54. The second-order valence-electron chi connectivity index (χ2n) is 5.89. The van der Waals surface area contributed by atoms with Crippen LogP contribution in [0.4, 0.5) is 0 Å². The van der Waals surface area contributed by atoms with Gasteiger partial charge in [0.15, 0.2) is 0 Å². The van der Waals surface area contributed by atoms with E-state index in [0.29, 0.717) is 41.8 Å². The number of nitrogens with zero attached hydrogens (tertiary/aromatic N) is 1. The molecule has 6 heteroatoms. The molecule has 1 fully saturated rings. The number of nitrogens with one attached hydrogen (secondary N) is 1. The van der Waals surface area contributed by atoms with Gasteiger partial charge in [-0.05, 0) is 43.9 Å². The summed E-state index contributed by atoms with van der Waals surface area (Å²) in [5.74, 6) is -1.26. The monoisotopic (exact) mass is 332 g/mol. The van der Waals surface area contributed by atoms with Crippen molar-refractivity contribution in [2.75, 3.05) is 0 Å². The first-order valence-corrected chi connectivity index (χ1v) is 8.00.